The van der Waals surface area contributed by atoms with Gasteiger partial charge in [-0.05, 0) is 28.1 Å². The summed E-state index contributed by atoms with van der Waals surface area (Å²) in [5.74, 6) is -4.16. The van der Waals surface area contributed by atoms with Crippen molar-refractivity contribution in [1.82, 2.24) is 9.88 Å². The first-order valence-corrected chi connectivity index (χ1v) is 6.12. The molecule has 0 bridgehead atoms. The van der Waals surface area contributed by atoms with E-state index < -0.39 is 30.9 Å². The molecule has 2 rings (SSSR count). The first kappa shape index (κ1) is 13.4. The van der Waals surface area contributed by atoms with Crippen LogP contribution in [0.2, 0.25) is 0 Å². The van der Waals surface area contributed by atoms with Crippen LogP contribution in [0.25, 0.3) is 0 Å². The van der Waals surface area contributed by atoms with Gasteiger partial charge in [-0.3, -0.25) is 14.7 Å². The lowest BCUT2D eigenvalue weighted by Gasteiger charge is -2.19. The largest absolute Gasteiger partial charge is 0.480 e. The molecule has 2 heterocycles. The number of nitrogens with zero attached hydrogens (tertiary/aromatic N) is 2. The molecule has 1 aliphatic rings. The zero-order valence-corrected chi connectivity index (χ0v) is 10.9. The predicted molar refractivity (Wildman–Crippen MR) is 63.3 cm³/mol. The number of hydrogen-bond donors (Lipinski definition) is 1. The van der Waals surface area contributed by atoms with E-state index >= 15 is 0 Å². The van der Waals surface area contributed by atoms with Crippen LogP contribution in [0.3, 0.4) is 0 Å². The molecule has 18 heavy (non-hydrogen) atoms. The van der Waals surface area contributed by atoms with Crippen molar-refractivity contribution >= 4 is 21.9 Å². The van der Waals surface area contributed by atoms with Crippen molar-refractivity contribution in [3.05, 3.63) is 28.5 Å². The fraction of sp³-hybridized carbons (Fsp3) is 0.455. The van der Waals surface area contributed by atoms with Crippen molar-refractivity contribution in [2.75, 3.05) is 6.54 Å². The molecule has 0 saturated carbocycles. The van der Waals surface area contributed by atoms with E-state index in [9.17, 15) is 13.6 Å². The number of aromatic nitrogens is 1. The van der Waals surface area contributed by atoms with Crippen LogP contribution in [0, 0.1) is 0 Å². The lowest BCUT2D eigenvalue weighted by atomic mass is 10.2. The van der Waals surface area contributed by atoms with Crippen molar-refractivity contribution in [3.63, 3.8) is 0 Å². The summed E-state index contributed by atoms with van der Waals surface area (Å²) in [6.07, 6.45) is 0.915. The number of aliphatic carboxylic acids is 1. The zero-order valence-electron chi connectivity index (χ0n) is 9.31. The van der Waals surface area contributed by atoms with Gasteiger partial charge in [0.25, 0.3) is 5.92 Å². The van der Waals surface area contributed by atoms with Gasteiger partial charge in [0, 0.05) is 23.6 Å². The molecule has 1 N–H and O–H groups in total. The van der Waals surface area contributed by atoms with Gasteiger partial charge in [-0.2, -0.15) is 0 Å². The van der Waals surface area contributed by atoms with Crippen molar-refractivity contribution < 1.29 is 18.7 Å². The maximum atomic E-state index is 13.2. The minimum Gasteiger partial charge on any atom is -0.480 e. The fourth-order valence-corrected chi connectivity index (χ4v) is 2.24. The fourth-order valence-electron chi connectivity index (χ4n) is 2.00. The highest BCUT2D eigenvalue weighted by molar-refractivity contribution is 9.10. The van der Waals surface area contributed by atoms with Crippen molar-refractivity contribution in [1.29, 1.82) is 0 Å². The standard InChI is InChI=1S/C11H11BrF2N2O2/c12-7-1-2-8(15-4-7)5-16-6-11(13,14)3-9(16)10(17)18/h1-2,4,9H,3,5-6H2,(H,17,18)/t9-/m1/s1. The minimum absolute atomic E-state index is 0.111. The second-order valence-corrected chi connectivity index (χ2v) is 5.20. The van der Waals surface area contributed by atoms with E-state index in [0.29, 0.717) is 5.69 Å². The van der Waals surface area contributed by atoms with Gasteiger partial charge >= 0.3 is 5.97 Å². The smallest absolute Gasteiger partial charge is 0.321 e. The molecule has 0 radical (unpaired) electrons. The van der Waals surface area contributed by atoms with E-state index in [0.717, 1.165) is 4.47 Å². The average Bonchev–Trinajstić information content (AvgIpc) is 2.57. The Morgan fingerprint density at radius 2 is 2.33 bits per heavy atom. The van der Waals surface area contributed by atoms with Crippen LogP contribution < -0.4 is 0 Å². The molecule has 4 nitrogen and oxygen atoms in total. The van der Waals surface area contributed by atoms with Gasteiger partial charge in [0.05, 0.1) is 12.2 Å². The predicted octanol–water partition coefficient (Wildman–Crippen LogP) is 2.14. The number of likely N-dealkylation sites (tertiary alicyclic amines) is 1. The van der Waals surface area contributed by atoms with Gasteiger partial charge in [-0.1, -0.05) is 0 Å². The maximum Gasteiger partial charge on any atom is 0.321 e. The molecule has 0 spiro atoms. The van der Waals surface area contributed by atoms with E-state index in [4.69, 9.17) is 5.11 Å². The van der Waals surface area contributed by atoms with Crippen molar-refractivity contribution in [2.24, 2.45) is 0 Å². The number of pyridine rings is 1. The topological polar surface area (TPSA) is 53.4 Å². The first-order chi connectivity index (χ1) is 8.37. The summed E-state index contributed by atoms with van der Waals surface area (Å²) < 4.78 is 27.3. The lowest BCUT2D eigenvalue weighted by Crippen LogP contribution is -2.35. The summed E-state index contributed by atoms with van der Waals surface area (Å²) >= 11 is 3.22. The van der Waals surface area contributed by atoms with E-state index in [1.165, 1.54) is 4.90 Å². The number of carbonyl (C=O) groups is 1. The molecule has 1 fully saturated rings. The third-order valence-corrected chi connectivity index (χ3v) is 3.28. The van der Waals surface area contributed by atoms with E-state index in [1.807, 2.05) is 0 Å². The van der Waals surface area contributed by atoms with Crippen molar-refractivity contribution in [3.8, 4) is 0 Å². The van der Waals surface area contributed by atoms with Crippen molar-refractivity contribution in [2.45, 2.75) is 24.9 Å². The van der Waals surface area contributed by atoms with Gasteiger partial charge in [-0.15, -0.1) is 0 Å². The molecule has 1 aromatic rings. The van der Waals surface area contributed by atoms with Crippen LogP contribution in [0.5, 0.6) is 0 Å². The van der Waals surface area contributed by atoms with Gasteiger partial charge in [0.15, 0.2) is 0 Å². The van der Waals surface area contributed by atoms with Gasteiger partial charge in [-0.25, -0.2) is 8.78 Å². The molecule has 0 aliphatic carbocycles. The Labute approximate surface area is 111 Å². The third-order valence-electron chi connectivity index (χ3n) is 2.81. The van der Waals surface area contributed by atoms with Gasteiger partial charge in [0.1, 0.15) is 6.04 Å². The second kappa shape index (κ2) is 4.89. The highest BCUT2D eigenvalue weighted by atomic mass is 79.9. The third kappa shape index (κ3) is 3.02. The molecular formula is C11H11BrF2N2O2. The summed E-state index contributed by atoms with van der Waals surface area (Å²) in [6.45, 7) is -0.429. The van der Waals surface area contributed by atoms with Crippen LogP contribution >= 0.6 is 15.9 Å². The molecule has 0 amide bonds. The molecule has 1 aliphatic heterocycles. The quantitative estimate of drug-likeness (QED) is 0.927. The molecule has 1 saturated heterocycles. The molecule has 1 aromatic heterocycles. The van der Waals surface area contributed by atoms with E-state index in [-0.39, 0.29) is 6.54 Å². The van der Waals surface area contributed by atoms with Crippen LogP contribution in [-0.2, 0) is 11.3 Å². The molecule has 98 valence electrons. The average molecular weight is 321 g/mol. The number of halogens is 3. The molecule has 1 atom stereocenters. The number of rotatable bonds is 3. The summed E-state index contributed by atoms with van der Waals surface area (Å²) in [5.41, 5.74) is 0.571. The van der Waals surface area contributed by atoms with Crippen LogP contribution in [0.15, 0.2) is 22.8 Å². The molecular weight excluding hydrogens is 310 g/mol. The Morgan fingerprint density at radius 3 is 2.89 bits per heavy atom. The van der Waals surface area contributed by atoms with Gasteiger partial charge in [0.2, 0.25) is 0 Å². The number of hydrogen-bond acceptors (Lipinski definition) is 3. The Bertz CT molecular complexity index is 453. The zero-order chi connectivity index (χ0) is 13.3. The Balaban J connectivity index is 2.12. The van der Waals surface area contributed by atoms with E-state index in [2.05, 4.69) is 20.9 Å². The number of carboxylic acid groups (broad SMARTS) is 1. The first-order valence-electron chi connectivity index (χ1n) is 5.32. The Kier molecular flexibility index (Phi) is 3.63. The summed E-state index contributed by atoms with van der Waals surface area (Å²) in [7, 11) is 0. The van der Waals surface area contributed by atoms with Gasteiger partial charge < -0.3 is 5.11 Å². The summed E-state index contributed by atoms with van der Waals surface area (Å²) in [6, 6.07) is 2.27. The Morgan fingerprint density at radius 1 is 1.61 bits per heavy atom. The second-order valence-electron chi connectivity index (χ2n) is 4.29. The highest BCUT2D eigenvalue weighted by Gasteiger charge is 2.48. The summed E-state index contributed by atoms with van der Waals surface area (Å²) in [4.78, 5) is 16.2. The molecule has 0 unspecified atom stereocenters. The van der Waals surface area contributed by atoms with Crippen LogP contribution in [0.4, 0.5) is 8.78 Å². The molecule has 7 heteroatoms. The highest BCUT2D eigenvalue weighted by Crippen LogP contribution is 2.33. The monoisotopic (exact) mass is 320 g/mol. The number of alkyl halides is 2. The Hall–Kier alpha value is -1.08. The van der Waals surface area contributed by atoms with Crippen LogP contribution in [-0.4, -0.2) is 39.5 Å². The number of carboxylic acids is 1. The molecule has 0 aromatic carbocycles. The summed E-state index contributed by atoms with van der Waals surface area (Å²) in [5, 5.41) is 8.94. The normalized spacial score (nSPS) is 23.2. The minimum atomic E-state index is -2.95. The SMILES string of the molecule is O=C(O)[C@H]1CC(F)(F)CN1Cc1ccc(Br)cn1. The van der Waals surface area contributed by atoms with E-state index in [1.54, 1.807) is 18.3 Å². The lowest BCUT2D eigenvalue weighted by molar-refractivity contribution is -0.142. The van der Waals surface area contributed by atoms with Crippen LogP contribution in [0.1, 0.15) is 12.1 Å². The maximum absolute atomic E-state index is 13.2.